The van der Waals surface area contributed by atoms with Crippen molar-refractivity contribution in [3.8, 4) is 5.75 Å². The molecule has 1 aromatic heterocycles. The van der Waals surface area contributed by atoms with Gasteiger partial charge in [0.1, 0.15) is 24.5 Å². The van der Waals surface area contributed by atoms with Crippen molar-refractivity contribution in [2.45, 2.75) is 39.4 Å². The first-order chi connectivity index (χ1) is 14.5. The van der Waals surface area contributed by atoms with Crippen LogP contribution in [0, 0.1) is 13.8 Å². The minimum absolute atomic E-state index is 0.0132. The van der Waals surface area contributed by atoms with Gasteiger partial charge >= 0.3 is 11.6 Å². The second kappa shape index (κ2) is 8.71. The number of hydrogen-bond donors (Lipinski definition) is 0. The number of ether oxygens (including phenoxy) is 3. The first kappa shape index (κ1) is 20.2. The van der Waals surface area contributed by atoms with Crippen LogP contribution in [0.5, 0.6) is 5.75 Å². The molecule has 0 radical (unpaired) electrons. The summed E-state index contributed by atoms with van der Waals surface area (Å²) < 4.78 is 22.1. The lowest BCUT2D eigenvalue weighted by atomic mass is 10.0. The van der Waals surface area contributed by atoms with Crippen LogP contribution in [0.3, 0.4) is 0 Å². The molecule has 1 aliphatic rings. The molecule has 6 heteroatoms. The molecule has 0 spiro atoms. The molecule has 2 aromatic carbocycles. The molecule has 1 saturated heterocycles. The van der Waals surface area contributed by atoms with E-state index >= 15 is 0 Å². The van der Waals surface area contributed by atoms with Crippen LogP contribution in [0.2, 0.25) is 0 Å². The molecule has 3 aromatic rings. The van der Waals surface area contributed by atoms with E-state index in [1.165, 1.54) is 6.07 Å². The summed E-state index contributed by atoms with van der Waals surface area (Å²) in [7, 11) is 0. The van der Waals surface area contributed by atoms with E-state index in [0.29, 0.717) is 29.1 Å². The predicted octanol–water partition coefficient (Wildman–Crippen LogP) is 4.32. The molecule has 1 atom stereocenters. The normalized spacial score (nSPS) is 16.0. The topological polar surface area (TPSA) is 75.0 Å². The molecule has 0 bridgehead atoms. The Morgan fingerprint density at radius 1 is 1.13 bits per heavy atom. The van der Waals surface area contributed by atoms with E-state index in [1.807, 2.05) is 26.0 Å². The largest absolute Gasteiger partial charge is 0.491 e. The van der Waals surface area contributed by atoms with Gasteiger partial charge in [-0.05, 0) is 62.1 Å². The van der Waals surface area contributed by atoms with Crippen molar-refractivity contribution in [1.29, 1.82) is 0 Å². The number of rotatable bonds is 6. The molecule has 6 nitrogen and oxygen atoms in total. The third-order valence-electron chi connectivity index (χ3n) is 5.43. The van der Waals surface area contributed by atoms with Gasteiger partial charge in [-0.25, -0.2) is 9.59 Å². The maximum atomic E-state index is 12.5. The van der Waals surface area contributed by atoms with Gasteiger partial charge in [-0.3, -0.25) is 0 Å². The smallest absolute Gasteiger partial charge is 0.338 e. The zero-order valence-electron chi connectivity index (χ0n) is 17.1. The van der Waals surface area contributed by atoms with Crippen LogP contribution in [0.4, 0.5) is 0 Å². The van der Waals surface area contributed by atoms with E-state index in [4.69, 9.17) is 18.6 Å². The SMILES string of the molecule is Cc1ccc2c(COC(=O)c3ccc(OC[C@@H]4CCCO4)cc3)cc(=O)oc2c1C. The minimum atomic E-state index is -0.467. The van der Waals surface area contributed by atoms with Gasteiger partial charge in [0.25, 0.3) is 0 Å². The molecule has 0 amide bonds. The van der Waals surface area contributed by atoms with Crippen molar-refractivity contribution in [2.24, 2.45) is 0 Å². The highest BCUT2D eigenvalue weighted by atomic mass is 16.5. The summed E-state index contributed by atoms with van der Waals surface area (Å²) in [5, 5.41) is 0.767. The number of benzene rings is 2. The average molecular weight is 408 g/mol. The highest BCUT2D eigenvalue weighted by Crippen LogP contribution is 2.24. The lowest BCUT2D eigenvalue weighted by Gasteiger charge is -2.12. The summed E-state index contributed by atoms with van der Waals surface area (Å²) in [6.07, 6.45) is 2.22. The van der Waals surface area contributed by atoms with Crippen molar-refractivity contribution in [3.05, 3.63) is 75.1 Å². The van der Waals surface area contributed by atoms with E-state index in [1.54, 1.807) is 24.3 Å². The maximum Gasteiger partial charge on any atom is 0.338 e. The highest BCUT2D eigenvalue weighted by Gasteiger charge is 2.16. The van der Waals surface area contributed by atoms with Crippen LogP contribution in [0.1, 0.15) is 39.9 Å². The Morgan fingerprint density at radius 2 is 1.93 bits per heavy atom. The van der Waals surface area contributed by atoms with E-state index in [-0.39, 0.29) is 12.7 Å². The molecule has 156 valence electrons. The number of carbonyl (C=O) groups excluding carboxylic acids is 1. The van der Waals surface area contributed by atoms with Crippen LogP contribution in [-0.4, -0.2) is 25.3 Å². The van der Waals surface area contributed by atoms with E-state index in [0.717, 1.165) is 36.0 Å². The van der Waals surface area contributed by atoms with Crippen molar-refractivity contribution in [3.63, 3.8) is 0 Å². The Kier molecular flexibility index (Phi) is 5.86. The first-order valence-electron chi connectivity index (χ1n) is 10.1. The third kappa shape index (κ3) is 4.39. The zero-order valence-corrected chi connectivity index (χ0v) is 17.1. The summed E-state index contributed by atoms with van der Waals surface area (Å²) in [6, 6.07) is 12.0. The van der Waals surface area contributed by atoms with Crippen LogP contribution in [-0.2, 0) is 16.1 Å². The number of aryl methyl sites for hydroxylation is 2. The van der Waals surface area contributed by atoms with Crippen LogP contribution >= 0.6 is 0 Å². The molecule has 0 N–H and O–H groups in total. The molecule has 2 heterocycles. The lowest BCUT2D eigenvalue weighted by Crippen LogP contribution is -2.16. The molecular formula is C24H24O6. The fourth-order valence-electron chi connectivity index (χ4n) is 3.52. The Morgan fingerprint density at radius 3 is 2.67 bits per heavy atom. The second-order valence-electron chi connectivity index (χ2n) is 7.52. The number of fused-ring (bicyclic) bond motifs is 1. The Bertz CT molecular complexity index is 1110. The molecule has 0 aliphatic carbocycles. The summed E-state index contributed by atoms with van der Waals surface area (Å²) in [5.41, 5.74) is 3.03. The fraction of sp³-hybridized carbons (Fsp3) is 0.333. The number of hydrogen-bond acceptors (Lipinski definition) is 6. The lowest BCUT2D eigenvalue weighted by molar-refractivity contribution is 0.0473. The van der Waals surface area contributed by atoms with Crippen molar-refractivity contribution < 1.29 is 23.4 Å². The van der Waals surface area contributed by atoms with Crippen LogP contribution < -0.4 is 10.4 Å². The third-order valence-corrected chi connectivity index (χ3v) is 5.43. The summed E-state index contributed by atoms with van der Waals surface area (Å²) in [6.45, 7) is 5.14. The van der Waals surface area contributed by atoms with Gasteiger partial charge in [-0.2, -0.15) is 0 Å². The van der Waals surface area contributed by atoms with Gasteiger partial charge in [-0.15, -0.1) is 0 Å². The maximum absolute atomic E-state index is 12.5. The van der Waals surface area contributed by atoms with Crippen LogP contribution in [0.15, 0.2) is 51.7 Å². The number of esters is 1. The van der Waals surface area contributed by atoms with Gasteiger partial charge < -0.3 is 18.6 Å². The number of carbonyl (C=O) groups is 1. The van der Waals surface area contributed by atoms with Gasteiger partial charge in [-0.1, -0.05) is 12.1 Å². The van der Waals surface area contributed by atoms with E-state index in [2.05, 4.69) is 0 Å². The molecule has 0 unspecified atom stereocenters. The first-order valence-corrected chi connectivity index (χ1v) is 10.1. The van der Waals surface area contributed by atoms with Crippen molar-refractivity contribution >= 4 is 16.9 Å². The zero-order chi connectivity index (χ0) is 21.1. The monoisotopic (exact) mass is 408 g/mol. The van der Waals surface area contributed by atoms with Gasteiger partial charge in [0.15, 0.2) is 0 Å². The highest BCUT2D eigenvalue weighted by molar-refractivity contribution is 5.90. The minimum Gasteiger partial charge on any atom is -0.491 e. The summed E-state index contributed by atoms with van der Waals surface area (Å²) in [4.78, 5) is 24.4. The molecule has 1 aliphatic heterocycles. The second-order valence-corrected chi connectivity index (χ2v) is 7.52. The van der Waals surface area contributed by atoms with Gasteiger partial charge in [0.2, 0.25) is 0 Å². The van der Waals surface area contributed by atoms with E-state index in [9.17, 15) is 9.59 Å². The molecule has 4 rings (SSSR count). The standard InChI is InChI=1S/C24H24O6/c1-15-5-10-21-18(12-22(25)30-23(21)16(15)2)13-29-24(26)17-6-8-19(9-7-17)28-14-20-4-3-11-27-20/h5-10,12,20H,3-4,11,13-14H2,1-2H3/t20-/m0/s1. The molecule has 1 fully saturated rings. The average Bonchev–Trinajstić information content (AvgIpc) is 3.27. The summed E-state index contributed by atoms with van der Waals surface area (Å²) in [5.74, 6) is 0.213. The molecule has 30 heavy (non-hydrogen) atoms. The molecule has 0 saturated carbocycles. The van der Waals surface area contributed by atoms with Crippen molar-refractivity contribution in [1.82, 2.24) is 0 Å². The Labute approximate surface area is 174 Å². The fourth-order valence-corrected chi connectivity index (χ4v) is 3.52. The van der Waals surface area contributed by atoms with Gasteiger partial charge in [0, 0.05) is 23.6 Å². The Hall–Kier alpha value is -3.12. The quantitative estimate of drug-likeness (QED) is 0.447. The van der Waals surface area contributed by atoms with Gasteiger partial charge in [0.05, 0.1) is 11.7 Å². The molecular weight excluding hydrogens is 384 g/mol. The summed E-state index contributed by atoms with van der Waals surface area (Å²) >= 11 is 0. The van der Waals surface area contributed by atoms with Crippen LogP contribution in [0.25, 0.3) is 11.0 Å². The van der Waals surface area contributed by atoms with Crippen molar-refractivity contribution in [2.75, 3.05) is 13.2 Å². The van der Waals surface area contributed by atoms with E-state index < -0.39 is 11.6 Å². The predicted molar refractivity (Wildman–Crippen MR) is 112 cm³/mol. The Balaban J connectivity index is 1.42.